The molecule has 1 aliphatic carbocycles. The lowest BCUT2D eigenvalue weighted by Gasteiger charge is -2.39. The molecule has 11 heteroatoms. The summed E-state index contributed by atoms with van der Waals surface area (Å²) in [6.07, 6.45) is 6.94. The second kappa shape index (κ2) is 13.3. The van der Waals surface area contributed by atoms with Gasteiger partial charge in [0.1, 0.15) is 17.7 Å². The van der Waals surface area contributed by atoms with Crippen LogP contribution in [0.4, 0.5) is 10.7 Å². The Morgan fingerprint density at radius 2 is 1.80 bits per heavy atom. The predicted octanol–water partition coefficient (Wildman–Crippen LogP) is 5.60. The third-order valence-electron chi connectivity index (χ3n) is 8.71. The highest BCUT2D eigenvalue weighted by Gasteiger charge is 2.31. The molecule has 4 unspecified atom stereocenters. The number of rotatable bonds is 8. The van der Waals surface area contributed by atoms with Gasteiger partial charge in [0.25, 0.3) is 0 Å². The fourth-order valence-electron chi connectivity index (χ4n) is 6.19. The number of aliphatic hydroxyl groups is 1. The number of amidine groups is 1. The number of anilines is 1. The molecular formula is C33H46N8O3. The maximum atomic E-state index is 13.1. The normalized spacial score (nSPS) is 22.4. The maximum Gasteiger partial charge on any atom is 0.320 e. The highest BCUT2D eigenvalue weighted by Crippen LogP contribution is 2.39. The summed E-state index contributed by atoms with van der Waals surface area (Å²) in [6, 6.07) is 12.2. The van der Waals surface area contributed by atoms with E-state index in [1.807, 2.05) is 61.7 Å². The molecule has 0 spiro atoms. The third kappa shape index (κ3) is 7.04. The van der Waals surface area contributed by atoms with Crippen LogP contribution in [0.15, 0.2) is 47.6 Å². The second-order valence-electron chi connectivity index (χ2n) is 13.1. The Hall–Kier alpha value is -3.99. The number of carbonyl (C=O) groups is 1. The number of carbonyl (C=O) groups excluding carboxylic acids is 1. The molecule has 2 aliphatic rings. The Morgan fingerprint density at radius 1 is 1.07 bits per heavy atom. The summed E-state index contributed by atoms with van der Waals surface area (Å²) in [7, 11) is 0. The Balaban J connectivity index is 1.30. The lowest BCUT2D eigenvalue weighted by Crippen LogP contribution is -2.44. The van der Waals surface area contributed by atoms with Crippen molar-refractivity contribution in [2.45, 2.75) is 97.4 Å². The molecule has 1 fully saturated rings. The third-order valence-corrected chi connectivity index (χ3v) is 8.71. The van der Waals surface area contributed by atoms with Gasteiger partial charge in [-0.3, -0.25) is 14.7 Å². The number of hydrogen-bond acceptors (Lipinski definition) is 8. The summed E-state index contributed by atoms with van der Waals surface area (Å²) in [5.41, 5.74) is 2.94. The molecule has 236 valence electrons. The minimum Gasteiger partial charge on any atom is -0.484 e. The van der Waals surface area contributed by atoms with Gasteiger partial charge < -0.3 is 25.5 Å². The SMILES string of the molecule is CC1CCCC(C)N1c1nnc2ccc(OC3CCC(NC(=O)NC(CC(=N)C(C)(C)C)=NCCO)c4ccccc43)cn12. The number of hydrogen-bond donors (Lipinski definition) is 4. The van der Waals surface area contributed by atoms with Gasteiger partial charge in [0.2, 0.25) is 5.95 Å². The van der Waals surface area contributed by atoms with Crippen LogP contribution in [-0.4, -0.2) is 62.5 Å². The van der Waals surface area contributed by atoms with Crippen molar-refractivity contribution in [2.75, 3.05) is 18.1 Å². The average molecular weight is 603 g/mol. The van der Waals surface area contributed by atoms with Crippen molar-refractivity contribution in [3.63, 3.8) is 0 Å². The van der Waals surface area contributed by atoms with Crippen LogP contribution < -0.4 is 20.3 Å². The zero-order chi connectivity index (χ0) is 31.4. The van der Waals surface area contributed by atoms with Crippen molar-refractivity contribution >= 4 is 29.2 Å². The van der Waals surface area contributed by atoms with Gasteiger partial charge in [-0.05, 0) is 74.6 Å². The van der Waals surface area contributed by atoms with E-state index in [2.05, 4.69) is 50.6 Å². The van der Waals surface area contributed by atoms with Gasteiger partial charge in [-0.15, -0.1) is 10.2 Å². The summed E-state index contributed by atoms with van der Waals surface area (Å²) in [5.74, 6) is 1.97. The van der Waals surface area contributed by atoms with Gasteiger partial charge in [-0.25, -0.2) is 4.79 Å². The molecule has 5 rings (SSSR count). The first-order valence-electron chi connectivity index (χ1n) is 15.7. The van der Waals surface area contributed by atoms with Gasteiger partial charge in [-0.1, -0.05) is 45.0 Å². The van der Waals surface area contributed by atoms with Crippen molar-refractivity contribution in [2.24, 2.45) is 10.4 Å². The highest BCUT2D eigenvalue weighted by molar-refractivity contribution is 6.09. The summed E-state index contributed by atoms with van der Waals surface area (Å²) >= 11 is 0. The molecular weight excluding hydrogens is 556 g/mol. The van der Waals surface area contributed by atoms with Gasteiger partial charge in [0.05, 0.1) is 25.4 Å². The minimum absolute atomic E-state index is 0.130. The van der Waals surface area contributed by atoms with Gasteiger partial charge in [0, 0.05) is 24.2 Å². The minimum atomic E-state index is -0.380. The monoisotopic (exact) mass is 602 g/mol. The van der Waals surface area contributed by atoms with Gasteiger partial charge in [0.15, 0.2) is 5.65 Å². The molecule has 3 aromatic rings. The Labute approximate surface area is 259 Å². The van der Waals surface area contributed by atoms with E-state index >= 15 is 0 Å². The predicted molar refractivity (Wildman–Crippen MR) is 173 cm³/mol. The van der Waals surface area contributed by atoms with Crippen LogP contribution in [0, 0.1) is 10.8 Å². The van der Waals surface area contributed by atoms with E-state index in [1.54, 1.807) is 0 Å². The summed E-state index contributed by atoms with van der Waals surface area (Å²) in [6.45, 7) is 10.4. The largest absolute Gasteiger partial charge is 0.484 e. The van der Waals surface area contributed by atoms with Crippen molar-refractivity contribution in [1.29, 1.82) is 5.41 Å². The number of aromatic nitrogens is 3. The molecule has 0 radical (unpaired) electrons. The van der Waals surface area contributed by atoms with E-state index in [4.69, 9.17) is 10.1 Å². The van der Waals surface area contributed by atoms with Crippen LogP contribution in [-0.2, 0) is 0 Å². The van der Waals surface area contributed by atoms with Crippen molar-refractivity contribution in [3.05, 3.63) is 53.7 Å². The van der Waals surface area contributed by atoms with E-state index in [-0.39, 0.29) is 43.2 Å². The van der Waals surface area contributed by atoms with E-state index in [0.29, 0.717) is 30.1 Å². The smallest absolute Gasteiger partial charge is 0.320 e. The lowest BCUT2D eigenvalue weighted by molar-refractivity contribution is 0.171. The topological polar surface area (TPSA) is 140 Å². The fraction of sp³-hybridized carbons (Fsp3) is 0.545. The molecule has 4 N–H and O–H groups in total. The number of fused-ring (bicyclic) bond motifs is 2. The number of ether oxygens (including phenoxy) is 1. The van der Waals surface area contributed by atoms with Crippen LogP contribution in [0.5, 0.6) is 5.75 Å². The number of nitrogens with one attached hydrogen (secondary N) is 3. The number of aliphatic hydroxyl groups excluding tert-OH is 1. The number of pyridine rings is 1. The Morgan fingerprint density at radius 3 is 2.50 bits per heavy atom. The van der Waals surface area contributed by atoms with Crippen molar-refractivity contribution in [3.8, 4) is 5.75 Å². The molecule has 44 heavy (non-hydrogen) atoms. The molecule has 0 bridgehead atoms. The molecule has 1 aliphatic heterocycles. The zero-order valence-electron chi connectivity index (χ0n) is 26.5. The Bertz CT molecular complexity index is 1500. The molecule has 1 aromatic carbocycles. The number of benzene rings is 1. The first kappa shape index (κ1) is 31.4. The lowest BCUT2D eigenvalue weighted by atomic mass is 9.85. The van der Waals surface area contributed by atoms with Crippen molar-refractivity contribution in [1.82, 2.24) is 25.2 Å². The zero-order valence-corrected chi connectivity index (χ0v) is 26.5. The van der Waals surface area contributed by atoms with Crippen LogP contribution in [0.1, 0.15) is 96.4 Å². The number of amides is 2. The van der Waals surface area contributed by atoms with Crippen LogP contribution in [0.3, 0.4) is 0 Å². The average Bonchev–Trinajstić information content (AvgIpc) is 3.39. The molecule has 2 aromatic heterocycles. The van der Waals surface area contributed by atoms with Gasteiger partial charge in [-0.2, -0.15) is 0 Å². The van der Waals surface area contributed by atoms with E-state index in [9.17, 15) is 9.90 Å². The van der Waals surface area contributed by atoms with E-state index in [0.717, 1.165) is 47.7 Å². The molecule has 11 nitrogen and oxygen atoms in total. The van der Waals surface area contributed by atoms with Crippen LogP contribution >= 0.6 is 0 Å². The fourth-order valence-corrected chi connectivity index (χ4v) is 6.19. The van der Waals surface area contributed by atoms with E-state index in [1.165, 1.54) is 6.42 Å². The number of nitrogens with zero attached hydrogens (tertiary/aromatic N) is 5. The van der Waals surface area contributed by atoms with Gasteiger partial charge >= 0.3 is 6.03 Å². The van der Waals surface area contributed by atoms with E-state index < -0.39 is 0 Å². The number of aliphatic imine (C=N–C) groups is 1. The molecule has 2 amide bonds. The molecule has 4 atom stereocenters. The molecule has 1 saturated heterocycles. The number of urea groups is 1. The highest BCUT2D eigenvalue weighted by atomic mass is 16.5. The Kier molecular flexibility index (Phi) is 9.53. The standard InChI is InChI=1S/C33H46N8O3/c1-21-9-8-10-22(2)41(21)32-39-38-30-16-13-23(20-40(30)32)44-27-15-14-26(24-11-6-7-12-25(24)27)36-31(43)37-29(35-17-18-42)19-28(34)33(3,4)5/h6-7,11-13,16,20-22,26-27,34,42H,8-10,14-15,17-19H2,1-5H3,(H2,35,36,37,43). The first-order chi connectivity index (χ1) is 21.0. The second-order valence-corrected chi connectivity index (χ2v) is 13.1. The maximum absolute atomic E-state index is 13.1. The number of piperidine rings is 1. The molecule has 0 saturated carbocycles. The molecule has 3 heterocycles. The first-order valence-corrected chi connectivity index (χ1v) is 15.7. The summed E-state index contributed by atoms with van der Waals surface area (Å²) in [5, 5.41) is 32.6. The quantitative estimate of drug-likeness (QED) is 0.196. The summed E-state index contributed by atoms with van der Waals surface area (Å²) < 4.78 is 8.64. The summed E-state index contributed by atoms with van der Waals surface area (Å²) in [4.78, 5) is 19.8. The van der Waals surface area contributed by atoms with Crippen LogP contribution in [0.25, 0.3) is 5.65 Å². The van der Waals surface area contributed by atoms with Crippen LogP contribution in [0.2, 0.25) is 0 Å². The van der Waals surface area contributed by atoms with Crippen molar-refractivity contribution < 1.29 is 14.6 Å².